The summed E-state index contributed by atoms with van der Waals surface area (Å²) in [6.07, 6.45) is 1.99. The first-order valence-electron chi connectivity index (χ1n) is 7.48. The first-order valence-corrected chi connectivity index (χ1v) is 7.48. The van der Waals surface area contributed by atoms with E-state index in [4.69, 9.17) is 0 Å². The number of rotatable bonds is 4. The van der Waals surface area contributed by atoms with E-state index in [2.05, 4.69) is 54.3 Å². The average molecular weight is 276 g/mol. The van der Waals surface area contributed by atoms with Crippen molar-refractivity contribution in [3.8, 4) is 0 Å². The van der Waals surface area contributed by atoms with Crippen LogP contribution in [0.15, 0.2) is 18.3 Å². The topological polar surface area (TPSA) is 35.2 Å². The zero-order chi connectivity index (χ0) is 14.8. The normalized spacial score (nSPS) is 18.4. The fraction of sp³-hybridized carbons (Fsp3) is 0.688. The maximum Gasteiger partial charge on any atom is 0.0535 e. The highest BCUT2D eigenvalue weighted by molar-refractivity contribution is 5.23. The molecule has 112 valence electrons. The molecule has 0 unspecified atom stereocenters. The van der Waals surface area contributed by atoms with Gasteiger partial charge in [0.2, 0.25) is 0 Å². The van der Waals surface area contributed by atoms with E-state index in [9.17, 15) is 0 Å². The molecule has 0 radical (unpaired) electrons. The zero-order valence-corrected chi connectivity index (χ0v) is 13.4. The fourth-order valence-electron chi connectivity index (χ4n) is 2.81. The Bertz CT molecular complexity index is 447. The van der Waals surface area contributed by atoms with Gasteiger partial charge in [0.1, 0.15) is 0 Å². The Kier molecular flexibility index (Phi) is 4.66. The summed E-state index contributed by atoms with van der Waals surface area (Å²) in [4.78, 5) is 5.01. The van der Waals surface area contributed by atoms with Gasteiger partial charge in [-0.3, -0.25) is 14.9 Å². The molecule has 20 heavy (non-hydrogen) atoms. The Morgan fingerprint density at radius 3 is 2.40 bits per heavy atom. The molecular weight excluding hydrogens is 248 g/mol. The molecule has 1 aliphatic rings. The number of nitrogens with one attached hydrogen (secondary N) is 1. The van der Waals surface area contributed by atoms with Gasteiger partial charge >= 0.3 is 0 Å². The Morgan fingerprint density at radius 2 is 1.85 bits per heavy atom. The lowest BCUT2D eigenvalue weighted by Crippen LogP contribution is -2.46. The van der Waals surface area contributed by atoms with E-state index in [1.54, 1.807) is 0 Å². The van der Waals surface area contributed by atoms with Crippen LogP contribution in [0.2, 0.25) is 0 Å². The lowest BCUT2D eigenvalue weighted by Gasteiger charge is -2.35. The number of hydrogen-bond acceptors (Lipinski definition) is 3. The molecule has 2 rings (SSSR count). The number of aromatic nitrogens is 2. The Morgan fingerprint density at radius 1 is 1.25 bits per heavy atom. The maximum absolute atomic E-state index is 4.23. The Hall–Kier alpha value is -1.13. The van der Waals surface area contributed by atoms with E-state index >= 15 is 0 Å². The Labute approximate surface area is 122 Å². The molecule has 0 bridgehead atoms. The van der Waals surface area contributed by atoms with Gasteiger partial charge in [-0.05, 0) is 6.92 Å². The number of hydrogen-bond donors (Lipinski definition) is 1. The molecule has 0 saturated carbocycles. The standard InChI is InChI=1S/C16H28N4/c1-13(2)11-19-6-8-20(9-7-19)12-14-10-17-18-15(14)16(3,4)5/h10H,1,6-9,11-12H2,2-5H3,(H,17,18). The quantitative estimate of drug-likeness (QED) is 0.858. The lowest BCUT2D eigenvalue weighted by atomic mass is 9.89. The summed E-state index contributed by atoms with van der Waals surface area (Å²) in [5, 5.41) is 7.41. The second-order valence-electron chi connectivity index (χ2n) is 7.03. The molecule has 4 heteroatoms. The van der Waals surface area contributed by atoms with Gasteiger partial charge in [0.25, 0.3) is 0 Å². The summed E-state index contributed by atoms with van der Waals surface area (Å²) in [6, 6.07) is 0. The van der Waals surface area contributed by atoms with Crippen molar-refractivity contribution < 1.29 is 0 Å². The van der Waals surface area contributed by atoms with E-state index in [-0.39, 0.29) is 5.41 Å². The molecule has 1 fully saturated rings. The van der Waals surface area contributed by atoms with Crippen LogP contribution in [0.4, 0.5) is 0 Å². The molecule has 0 spiro atoms. The number of nitrogens with zero attached hydrogens (tertiary/aromatic N) is 3. The number of H-pyrrole nitrogens is 1. The SMILES string of the molecule is C=C(C)CN1CCN(Cc2cn[nH]c2C(C)(C)C)CC1. The minimum atomic E-state index is 0.133. The highest BCUT2D eigenvalue weighted by Gasteiger charge is 2.23. The monoisotopic (exact) mass is 276 g/mol. The number of aromatic amines is 1. The van der Waals surface area contributed by atoms with Crippen LogP contribution in [0.5, 0.6) is 0 Å². The van der Waals surface area contributed by atoms with Crippen molar-refractivity contribution in [1.82, 2.24) is 20.0 Å². The summed E-state index contributed by atoms with van der Waals surface area (Å²) in [5.74, 6) is 0. The minimum absolute atomic E-state index is 0.133. The summed E-state index contributed by atoms with van der Waals surface area (Å²) < 4.78 is 0. The predicted molar refractivity (Wildman–Crippen MR) is 83.8 cm³/mol. The van der Waals surface area contributed by atoms with Gasteiger partial charge in [-0.25, -0.2) is 0 Å². The van der Waals surface area contributed by atoms with Crippen molar-refractivity contribution in [2.45, 2.75) is 39.7 Å². The average Bonchev–Trinajstić information content (AvgIpc) is 2.79. The highest BCUT2D eigenvalue weighted by atomic mass is 15.3. The van der Waals surface area contributed by atoms with E-state index in [0.29, 0.717) is 0 Å². The summed E-state index contributed by atoms with van der Waals surface area (Å²) in [5.41, 5.74) is 3.99. The molecule has 0 aromatic carbocycles. The van der Waals surface area contributed by atoms with Crippen molar-refractivity contribution in [1.29, 1.82) is 0 Å². The molecule has 1 aliphatic heterocycles. The van der Waals surface area contributed by atoms with Crippen LogP contribution < -0.4 is 0 Å². The van der Waals surface area contributed by atoms with Gasteiger partial charge in [0, 0.05) is 55.9 Å². The maximum atomic E-state index is 4.23. The summed E-state index contributed by atoms with van der Waals surface area (Å²) in [6.45, 7) is 19.4. The van der Waals surface area contributed by atoms with E-state index in [1.165, 1.54) is 16.8 Å². The van der Waals surface area contributed by atoms with Crippen molar-refractivity contribution >= 4 is 0 Å². The smallest absolute Gasteiger partial charge is 0.0535 e. The molecule has 0 aliphatic carbocycles. The Balaban J connectivity index is 1.90. The molecule has 1 aromatic heterocycles. The van der Waals surface area contributed by atoms with Crippen LogP contribution in [0.25, 0.3) is 0 Å². The third-order valence-electron chi connectivity index (χ3n) is 3.82. The fourth-order valence-corrected chi connectivity index (χ4v) is 2.81. The second-order valence-corrected chi connectivity index (χ2v) is 7.03. The van der Waals surface area contributed by atoms with Gasteiger partial charge in [-0.15, -0.1) is 0 Å². The summed E-state index contributed by atoms with van der Waals surface area (Å²) >= 11 is 0. The molecule has 0 atom stereocenters. The molecule has 0 amide bonds. The lowest BCUT2D eigenvalue weighted by molar-refractivity contribution is 0.134. The van der Waals surface area contributed by atoms with Crippen LogP contribution in [0.1, 0.15) is 39.0 Å². The van der Waals surface area contributed by atoms with Crippen molar-refractivity contribution in [2.24, 2.45) is 0 Å². The molecule has 1 saturated heterocycles. The first-order chi connectivity index (χ1) is 9.36. The third kappa shape index (κ3) is 3.93. The molecular formula is C16H28N4. The minimum Gasteiger partial charge on any atom is -0.297 e. The zero-order valence-electron chi connectivity index (χ0n) is 13.4. The largest absolute Gasteiger partial charge is 0.297 e. The van der Waals surface area contributed by atoms with Crippen LogP contribution in [0, 0.1) is 0 Å². The van der Waals surface area contributed by atoms with E-state index in [1.807, 2.05) is 6.20 Å². The van der Waals surface area contributed by atoms with Crippen molar-refractivity contribution in [3.05, 3.63) is 29.6 Å². The first kappa shape index (κ1) is 15.3. The van der Waals surface area contributed by atoms with Crippen molar-refractivity contribution in [3.63, 3.8) is 0 Å². The van der Waals surface area contributed by atoms with Crippen molar-refractivity contribution in [2.75, 3.05) is 32.7 Å². The van der Waals surface area contributed by atoms with Crippen LogP contribution >= 0.6 is 0 Å². The van der Waals surface area contributed by atoms with Crippen LogP contribution in [-0.4, -0.2) is 52.7 Å². The van der Waals surface area contributed by atoms with Crippen LogP contribution in [-0.2, 0) is 12.0 Å². The van der Waals surface area contributed by atoms with Gasteiger partial charge < -0.3 is 0 Å². The summed E-state index contributed by atoms with van der Waals surface area (Å²) in [7, 11) is 0. The molecule has 1 aromatic rings. The number of piperazine rings is 1. The molecule has 1 N–H and O–H groups in total. The molecule has 2 heterocycles. The van der Waals surface area contributed by atoms with Gasteiger partial charge in [0.15, 0.2) is 0 Å². The van der Waals surface area contributed by atoms with Gasteiger partial charge in [-0.2, -0.15) is 5.10 Å². The third-order valence-corrected chi connectivity index (χ3v) is 3.82. The van der Waals surface area contributed by atoms with Crippen LogP contribution in [0.3, 0.4) is 0 Å². The van der Waals surface area contributed by atoms with E-state index < -0.39 is 0 Å². The predicted octanol–water partition coefficient (Wildman–Crippen LogP) is 2.40. The highest BCUT2D eigenvalue weighted by Crippen LogP contribution is 2.24. The molecule has 4 nitrogen and oxygen atoms in total. The second kappa shape index (κ2) is 6.10. The van der Waals surface area contributed by atoms with Gasteiger partial charge in [0.05, 0.1) is 6.20 Å². The van der Waals surface area contributed by atoms with Gasteiger partial charge in [-0.1, -0.05) is 32.9 Å². The van der Waals surface area contributed by atoms with E-state index in [0.717, 1.165) is 39.3 Å².